The number of carbonyl (C=O) groups is 2. The molecule has 0 atom stereocenters. The van der Waals surface area contributed by atoms with Crippen molar-refractivity contribution < 1.29 is 9.59 Å². The van der Waals surface area contributed by atoms with Gasteiger partial charge >= 0.3 is 0 Å². The first-order valence-electron chi connectivity index (χ1n) is 7.36. The summed E-state index contributed by atoms with van der Waals surface area (Å²) >= 11 is 0. The van der Waals surface area contributed by atoms with Crippen molar-refractivity contribution in [2.75, 3.05) is 5.32 Å². The molecule has 0 spiro atoms. The van der Waals surface area contributed by atoms with Crippen LogP contribution < -0.4 is 5.32 Å². The Hall–Kier alpha value is -2.95. The average Bonchev–Trinajstić information content (AvgIpc) is 2.79. The van der Waals surface area contributed by atoms with Crippen LogP contribution in [0.4, 0.5) is 5.82 Å². The number of nitrogens with one attached hydrogen (secondary N) is 1. The van der Waals surface area contributed by atoms with Gasteiger partial charge in [0.05, 0.1) is 0 Å². The van der Waals surface area contributed by atoms with E-state index in [9.17, 15) is 9.59 Å². The summed E-state index contributed by atoms with van der Waals surface area (Å²) in [6.45, 7) is 3.85. The van der Waals surface area contributed by atoms with E-state index in [1.807, 2.05) is 54.8 Å². The fraction of sp³-hybridized carbons (Fsp3) is 0.167. The molecule has 0 bridgehead atoms. The molecule has 1 N–H and O–H groups in total. The van der Waals surface area contributed by atoms with Gasteiger partial charge < -0.3 is 9.88 Å². The molecule has 0 aliphatic rings. The molecule has 0 aliphatic carbocycles. The summed E-state index contributed by atoms with van der Waals surface area (Å²) in [4.78, 5) is 27.9. The second-order valence-corrected chi connectivity index (χ2v) is 5.43. The largest absolute Gasteiger partial charge is 0.335 e. The Morgan fingerprint density at radius 1 is 1.17 bits per heavy atom. The Bertz CT molecular complexity index is 896. The van der Waals surface area contributed by atoms with Crippen molar-refractivity contribution in [3.05, 3.63) is 59.4 Å². The summed E-state index contributed by atoms with van der Waals surface area (Å²) < 4.78 is 1.85. The van der Waals surface area contributed by atoms with Gasteiger partial charge in [-0.25, -0.2) is 4.98 Å². The minimum atomic E-state index is -0.176. The van der Waals surface area contributed by atoms with Gasteiger partial charge in [-0.3, -0.25) is 9.59 Å². The summed E-state index contributed by atoms with van der Waals surface area (Å²) in [5.74, 6) is 0.351. The fourth-order valence-electron chi connectivity index (χ4n) is 2.75. The van der Waals surface area contributed by atoms with E-state index in [0.717, 1.165) is 28.6 Å². The Kier molecular flexibility index (Phi) is 3.93. The van der Waals surface area contributed by atoms with Crippen molar-refractivity contribution in [1.29, 1.82) is 0 Å². The highest BCUT2D eigenvalue weighted by atomic mass is 16.2. The lowest BCUT2D eigenvalue weighted by molar-refractivity contribution is -0.116. The van der Waals surface area contributed by atoms with E-state index < -0.39 is 0 Å². The molecule has 3 aromatic rings. The number of pyridine rings is 1. The van der Waals surface area contributed by atoms with Crippen molar-refractivity contribution in [2.45, 2.75) is 20.4 Å². The molecule has 0 unspecified atom stereocenters. The maximum atomic E-state index is 12.3. The number of para-hydroxylation sites is 1. The van der Waals surface area contributed by atoms with Gasteiger partial charge in [-0.15, -0.1) is 0 Å². The first kappa shape index (κ1) is 15.0. The van der Waals surface area contributed by atoms with Gasteiger partial charge in [0.2, 0.25) is 5.91 Å². The maximum Gasteiger partial charge on any atom is 0.245 e. The van der Waals surface area contributed by atoms with Gasteiger partial charge in [-0.1, -0.05) is 24.3 Å². The van der Waals surface area contributed by atoms with Crippen LogP contribution in [0.3, 0.4) is 0 Å². The number of fused-ring (bicyclic) bond motifs is 1. The van der Waals surface area contributed by atoms with Gasteiger partial charge in [-0.2, -0.15) is 0 Å². The third kappa shape index (κ3) is 2.85. The SMILES string of the molecule is Cc1cccc(NC(=O)Cn2c(C)c(C=O)c3ccccc32)n1. The number of hydrogen-bond acceptors (Lipinski definition) is 3. The molecule has 0 aliphatic heterocycles. The van der Waals surface area contributed by atoms with Crippen molar-refractivity contribution in [1.82, 2.24) is 9.55 Å². The highest BCUT2D eigenvalue weighted by molar-refractivity contribution is 6.00. The molecular formula is C18H17N3O2. The fourth-order valence-corrected chi connectivity index (χ4v) is 2.75. The zero-order valence-electron chi connectivity index (χ0n) is 13.0. The number of carbonyl (C=O) groups excluding carboxylic acids is 2. The van der Waals surface area contributed by atoms with Crippen LogP contribution in [0.1, 0.15) is 21.7 Å². The van der Waals surface area contributed by atoms with Crippen LogP contribution in [0.25, 0.3) is 10.9 Å². The van der Waals surface area contributed by atoms with Crippen LogP contribution in [0.15, 0.2) is 42.5 Å². The molecule has 0 saturated carbocycles. The molecule has 2 heterocycles. The number of nitrogens with zero attached hydrogens (tertiary/aromatic N) is 2. The standard InChI is InChI=1S/C18H17N3O2/c1-12-6-5-9-17(19-12)20-18(23)10-21-13(2)15(11-22)14-7-3-4-8-16(14)21/h3-9,11H,10H2,1-2H3,(H,19,20,23). The van der Waals surface area contributed by atoms with Crippen LogP contribution in [0.2, 0.25) is 0 Å². The summed E-state index contributed by atoms with van der Waals surface area (Å²) in [6, 6.07) is 13.1. The molecular weight excluding hydrogens is 290 g/mol. The van der Waals surface area contributed by atoms with E-state index in [-0.39, 0.29) is 12.5 Å². The predicted molar refractivity (Wildman–Crippen MR) is 89.7 cm³/mol. The molecule has 0 saturated heterocycles. The molecule has 0 fully saturated rings. The number of benzene rings is 1. The number of aldehydes is 1. The van der Waals surface area contributed by atoms with Crippen LogP contribution in [-0.4, -0.2) is 21.7 Å². The van der Waals surface area contributed by atoms with Gasteiger partial charge in [0.1, 0.15) is 12.4 Å². The van der Waals surface area contributed by atoms with E-state index in [0.29, 0.717) is 11.4 Å². The minimum Gasteiger partial charge on any atom is -0.335 e. The molecule has 23 heavy (non-hydrogen) atoms. The lowest BCUT2D eigenvalue weighted by Crippen LogP contribution is -2.20. The molecule has 5 heteroatoms. The normalized spacial score (nSPS) is 10.7. The molecule has 2 aromatic heterocycles. The highest BCUT2D eigenvalue weighted by Crippen LogP contribution is 2.24. The van der Waals surface area contributed by atoms with Gasteiger partial charge in [-0.05, 0) is 32.0 Å². The van der Waals surface area contributed by atoms with Crippen molar-refractivity contribution >= 4 is 28.9 Å². The van der Waals surface area contributed by atoms with Crippen molar-refractivity contribution in [3.8, 4) is 0 Å². The van der Waals surface area contributed by atoms with E-state index in [1.54, 1.807) is 6.07 Å². The van der Waals surface area contributed by atoms with Crippen LogP contribution >= 0.6 is 0 Å². The van der Waals surface area contributed by atoms with E-state index in [4.69, 9.17) is 0 Å². The molecule has 3 rings (SSSR count). The number of rotatable bonds is 4. The smallest absolute Gasteiger partial charge is 0.245 e. The van der Waals surface area contributed by atoms with E-state index in [2.05, 4.69) is 10.3 Å². The van der Waals surface area contributed by atoms with Gasteiger partial charge in [0, 0.05) is 27.9 Å². The number of amides is 1. The van der Waals surface area contributed by atoms with E-state index in [1.165, 1.54) is 0 Å². The lowest BCUT2D eigenvalue weighted by Gasteiger charge is -2.09. The predicted octanol–water partition coefficient (Wildman–Crippen LogP) is 3.10. The van der Waals surface area contributed by atoms with Gasteiger partial charge in [0.25, 0.3) is 0 Å². The minimum absolute atomic E-state index is 0.135. The number of aryl methyl sites for hydroxylation is 1. The highest BCUT2D eigenvalue weighted by Gasteiger charge is 2.15. The Morgan fingerprint density at radius 2 is 1.96 bits per heavy atom. The monoisotopic (exact) mass is 307 g/mol. The number of anilines is 1. The zero-order valence-corrected chi connectivity index (χ0v) is 13.0. The average molecular weight is 307 g/mol. The Balaban J connectivity index is 1.91. The van der Waals surface area contributed by atoms with Gasteiger partial charge in [0.15, 0.2) is 6.29 Å². The quantitative estimate of drug-likeness (QED) is 0.753. The lowest BCUT2D eigenvalue weighted by atomic mass is 10.1. The second kappa shape index (κ2) is 6.04. The Morgan fingerprint density at radius 3 is 2.70 bits per heavy atom. The number of aromatic nitrogens is 2. The topological polar surface area (TPSA) is 64.0 Å². The van der Waals surface area contributed by atoms with Crippen LogP contribution in [0, 0.1) is 13.8 Å². The number of hydrogen-bond donors (Lipinski definition) is 1. The zero-order chi connectivity index (χ0) is 16.4. The molecule has 116 valence electrons. The molecule has 1 aromatic carbocycles. The second-order valence-electron chi connectivity index (χ2n) is 5.43. The summed E-state index contributed by atoms with van der Waals surface area (Å²) in [5.41, 5.74) is 3.13. The van der Waals surface area contributed by atoms with Crippen molar-refractivity contribution in [2.24, 2.45) is 0 Å². The molecule has 1 amide bonds. The third-order valence-electron chi connectivity index (χ3n) is 3.86. The van der Waals surface area contributed by atoms with E-state index >= 15 is 0 Å². The first-order valence-corrected chi connectivity index (χ1v) is 7.36. The Labute approximate surface area is 134 Å². The van der Waals surface area contributed by atoms with Crippen molar-refractivity contribution in [3.63, 3.8) is 0 Å². The summed E-state index contributed by atoms with van der Waals surface area (Å²) in [6.07, 6.45) is 0.841. The van der Waals surface area contributed by atoms with Crippen LogP contribution in [-0.2, 0) is 11.3 Å². The van der Waals surface area contributed by atoms with Crippen LogP contribution in [0.5, 0.6) is 0 Å². The first-order chi connectivity index (χ1) is 11.1. The molecule has 5 nitrogen and oxygen atoms in total. The molecule has 0 radical (unpaired) electrons. The third-order valence-corrected chi connectivity index (χ3v) is 3.86. The summed E-state index contributed by atoms with van der Waals surface area (Å²) in [7, 11) is 0. The summed E-state index contributed by atoms with van der Waals surface area (Å²) in [5, 5.41) is 3.65. The maximum absolute atomic E-state index is 12.3.